The number of carbonyl (C=O) groups is 2. The highest BCUT2D eigenvalue weighted by molar-refractivity contribution is 5.99. The Balaban J connectivity index is 1.90. The molecule has 0 radical (unpaired) electrons. The number of hydrogen-bond acceptors (Lipinski definition) is 7. The number of hydrogen-bond donors (Lipinski definition) is 6. The smallest absolute Gasteiger partial charge is 0.267 e. The lowest BCUT2D eigenvalue weighted by Gasteiger charge is -2.33. The standard InChI is InChI=1S/C21H29N7O3/c1-12-6-7-13(10-14(12)18(30)24-2)26-17-15(16(22)29)19(31)28-20(27-17)25-11-21(23)8-4-3-5-9-21/h6-7,10H,3-5,8-9,11,23H2,1-2H3,(H2,22,29)(H,24,30)(H3,25,26,27,28,31). The normalized spacial score (nSPS) is 15.2. The lowest BCUT2D eigenvalue weighted by molar-refractivity contribution is 0.0960. The van der Waals surface area contributed by atoms with Gasteiger partial charge in [-0.15, -0.1) is 0 Å². The van der Waals surface area contributed by atoms with E-state index in [0.29, 0.717) is 17.8 Å². The average molecular weight is 428 g/mol. The van der Waals surface area contributed by atoms with Gasteiger partial charge in [-0.25, -0.2) is 0 Å². The number of anilines is 3. The minimum Gasteiger partial charge on any atom is -0.365 e. The highest BCUT2D eigenvalue weighted by atomic mass is 16.2. The van der Waals surface area contributed by atoms with Gasteiger partial charge < -0.3 is 27.4 Å². The van der Waals surface area contributed by atoms with Crippen LogP contribution in [0.5, 0.6) is 0 Å². The van der Waals surface area contributed by atoms with E-state index in [2.05, 4.69) is 25.9 Å². The van der Waals surface area contributed by atoms with Crippen molar-refractivity contribution in [3.63, 3.8) is 0 Å². The van der Waals surface area contributed by atoms with Gasteiger partial charge in [-0.05, 0) is 37.5 Å². The quantitative estimate of drug-likeness (QED) is 0.387. The fourth-order valence-electron chi connectivity index (χ4n) is 3.78. The Morgan fingerprint density at radius 1 is 1.23 bits per heavy atom. The molecule has 0 saturated heterocycles. The minimum absolute atomic E-state index is 0.000162. The van der Waals surface area contributed by atoms with E-state index in [-0.39, 0.29) is 28.8 Å². The van der Waals surface area contributed by atoms with E-state index in [0.717, 1.165) is 31.2 Å². The predicted octanol–water partition coefficient (Wildman–Crippen LogP) is 1.35. The largest absolute Gasteiger partial charge is 0.365 e. The van der Waals surface area contributed by atoms with Gasteiger partial charge in [-0.3, -0.25) is 19.4 Å². The van der Waals surface area contributed by atoms with E-state index in [1.54, 1.807) is 25.2 Å². The lowest BCUT2D eigenvalue weighted by Crippen LogP contribution is -2.48. The number of nitrogens with zero attached hydrogens (tertiary/aromatic N) is 1. The van der Waals surface area contributed by atoms with Crippen molar-refractivity contribution in [1.82, 2.24) is 15.3 Å². The van der Waals surface area contributed by atoms with Gasteiger partial charge in [0.1, 0.15) is 5.56 Å². The maximum Gasteiger partial charge on any atom is 0.267 e. The van der Waals surface area contributed by atoms with Crippen LogP contribution < -0.4 is 33.0 Å². The summed E-state index contributed by atoms with van der Waals surface area (Å²) in [5.74, 6) is -0.978. The molecule has 0 unspecified atom stereocenters. The van der Waals surface area contributed by atoms with Crippen molar-refractivity contribution >= 4 is 29.3 Å². The molecule has 3 rings (SSSR count). The van der Waals surface area contributed by atoms with E-state index >= 15 is 0 Å². The van der Waals surface area contributed by atoms with Crippen molar-refractivity contribution in [2.75, 3.05) is 24.2 Å². The molecule has 1 aliphatic carbocycles. The second-order valence-corrected chi connectivity index (χ2v) is 8.01. The molecule has 166 valence electrons. The molecule has 1 saturated carbocycles. The zero-order chi connectivity index (χ0) is 22.6. The Hall–Kier alpha value is -3.40. The molecule has 31 heavy (non-hydrogen) atoms. The summed E-state index contributed by atoms with van der Waals surface area (Å²) in [6.07, 6.45) is 5.08. The van der Waals surface area contributed by atoms with Gasteiger partial charge in [0.25, 0.3) is 17.4 Å². The molecule has 1 heterocycles. The third-order valence-corrected chi connectivity index (χ3v) is 5.60. The van der Waals surface area contributed by atoms with Crippen LogP contribution >= 0.6 is 0 Å². The molecule has 1 aromatic heterocycles. The summed E-state index contributed by atoms with van der Waals surface area (Å²) in [6.45, 7) is 2.25. The van der Waals surface area contributed by atoms with Gasteiger partial charge in [0.05, 0.1) is 0 Å². The summed E-state index contributed by atoms with van der Waals surface area (Å²) in [6, 6.07) is 5.09. The maximum absolute atomic E-state index is 12.5. The van der Waals surface area contributed by atoms with Crippen LogP contribution in [0.2, 0.25) is 0 Å². The van der Waals surface area contributed by atoms with E-state index in [4.69, 9.17) is 11.5 Å². The number of aromatic nitrogens is 2. The monoisotopic (exact) mass is 427 g/mol. The molecule has 2 amide bonds. The van der Waals surface area contributed by atoms with Crippen molar-refractivity contribution in [3.05, 3.63) is 45.2 Å². The van der Waals surface area contributed by atoms with Gasteiger partial charge in [0.2, 0.25) is 5.95 Å². The summed E-state index contributed by atoms with van der Waals surface area (Å²) < 4.78 is 0. The molecule has 10 nitrogen and oxygen atoms in total. The Labute approximate surface area is 180 Å². The molecule has 1 fully saturated rings. The van der Waals surface area contributed by atoms with Crippen LogP contribution in [0.25, 0.3) is 0 Å². The van der Waals surface area contributed by atoms with Gasteiger partial charge in [0.15, 0.2) is 5.82 Å². The van der Waals surface area contributed by atoms with Crippen molar-refractivity contribution in [3.8, 4) is 0 Å². The number of nitrogens with two attached hydrogens (primary N) is 2. The third-order valence-electron chi connectivity index (χ3n) is 5.60. The maximum atomic E-state index is 12.5. The Bertz CT molecular complexity index is 1040. The fourth-order valence-corrected chi connectivity index (χ4v) is 3.78. The zero-order valence-corrected chi connectivity index (χ0v) is 17.8. The molecule has 0 atom stereocenters. The van der Waals surface area contributed by atoms with Crippen molar-refractivity contribution in [2.45, 2.75) is 44.6 Å². The molecular formula is C21H29N7O3. The lowest BCUT2D eigenvalue weighted by atomic mass is 9.82. The molecule has 8 N–H and O–H groups in total. The molecule has 1 aromatic carbocycles. The van der Waals surface area contributed by atoms with Crippen LogP contribution in [0.1, 0.15) is 58.4 Å². The highest BCUT2D eigenvalue weighted by Gasteiger charge is 2.27. The number of benzene rings is 1. The van der Waals surface area contributed by atoms with Crippen LogP contribution in [-0.4, -0.2) is 40.9 Å². The zero-order valence-electron chi connectivity index (χ0n) is 17.8. The minimum atomic E-state index is -0.913. The number of rotatable bonds is 7. The number of carbonyl (C=O) groups excluding carboxylic acids is 2. The van der Waals surface area contributed by atoms with Gasteiger partial charge >= 0.3 is 0 Å². The van der Waals surface area contributed by atoms with Gasteiger partial charge in [-0.1, -0.05) is 25.3 Å². The molecule has 0 aliphatic heterocycles. The van der Waals surface area contributed by atoms with E-state index < -0.39 is 11.5 Å². The first-order chi connectivity index (χ1) is 14.7. The first-order valence-corrected chi connectivity index (χ1v) is 10.3. The number of primary amides is 1. The molecule has 1 aliphatic rings. The van der Waals surface area contributed by atoms with E-state index in [9.17, 15) is 14.4 Å². The van der Waals surface area contributed by atoms with Crippen molar-refractivity contribution in [1.29, 1.82) is 0 Å². The molecule has 0 bridgehead atoms. The first-order valence-electron chi connectivity index (χ1n) is 10.3. The van der Waals surface area contributed by atoms with Crippen LogP contribution in [0.3, 0.4) is 0 Å². The second-order valence-electron chi connectivity index (χ2n) is 8.01. The number of aromatic amines is 1. The van der Waals surface area contributed by atoms with Crippen LogP contribution in [0, 0.1) is 6.92 Å². The summed E-state index contributed by atoms with van der Waals surface area (Å²) in [5, 5.41) is 8.61. The third kappa shape index (κ3) is 5.21. The Morgan fingerprint density at radius 2 is 1.94 bits per heavy atom. The number of nitrogens with one attached hydrogen (secondary N) is 4. The average Bonchev–Trinajstić information content (AvgIpc) is 2.73. The highest BCUT2D eigenvalue weighted by Crippen LogP contribution is 2.26. The number of H-pyrrole nitrogens is 1. The van der Waals surface area contributed by atoms with Crippen LogP contribution in [-0.2, 0) is 0 Å². The Morgan fingerprint density at radius 3 is 2.58 bits per heavy atom. The summed E-state index contributed by atoms with van der Waals surface area (Å²) in [7, 11) is 1.54. The number of aryl methyl sites for hydroxylation is 1. The topological polar surface area (TPSA) is 168 Å². The first kappa shape index (κ1) is 22.3. The predicted molar refractivity (Wildman–Crippen MR) is 120 cm³/mol. The summed E-state index contributed by atoms with van der Waals surface area (Å²) in [4.78, 5) is 43.4. The molecule has 2 aromatic rings. The molecular weight excluding hydrogens is 398 g/mol. The molecule has 0 spiro atoms. The van der Waals surface area contributed by atoms with E-state index in [1.807, 2.05) is 6.92 Å². The van der Waals surface area contributed by atoms with Gasteiger partial charge in [-0.2, -0.15) is 4.98 Å². The Kier molecular flexibility index (Phi) is 6.59. The fraction of sp³-hybridized carbons (Fsp3) is 0.429. The van der Waals surface area contributed by atoms with Crippen LogP contribution in [0.4, 0.5) is 17.5 Å². The van der Waals surface area contributed by atoms with Gasteiger partial charge in [0, 0.05) is 30.4 Å². The second kappa shape index (κ2) is 9.17. The summed E-state index contributed by atoms with van der Waals surface area (Å²) >= 11 is 0. The van der Waals surface area contributed by atoms with E-state index in [1.165, 1.54) is 6.42 Å². The van der Waals surface area contributed by atoms with Crippen molar-refractivity contribution in [2.24, 2.45) is 11.5 Å². The van der Waals surface area contributed by atoms with Crippen molar-refractivity contribution < 1.29 is 9.59 Å². The molecule has 10 heteroatoms. The summed E-state index contributed by atoms with van der Waals surface area (Å²) in [5.41, 5.74) is 12.2. The SMILES string of the molecule is CNC(=O)c1cc(Nc2nc(NCC3(N)CCCCC3)[nH]c(=O)c2C(N)=O)ccc1C. The number of amides is 2. The van der Waals surface area contributed by atoms with Crippen LogP contribution in [0.15, 0.2) is 23.0 Å².